The number of carbonyl (C=O) groups is 1. The molecule has 98 valence electrons. The zero-order chi connectivity index (χ0) is 13.2. The number of nitrogens with zero attached hydrogens (tertiary/aromatic N) is 1. The minimum absolute atomic E-state index is 0.00693. The van der Waals surface area contributed by atoms with E-state index in [2.05, 4.69) is 13.8 Å². The molecule has 0 aromatic heterocycles. The summed E-state index contributed by atoms with van der Waals surface area (Å²) in [5, 5.41) is 0. The molecule has 2 N–H and O–H groups in total. The van der Waals surface area contributed by atoms with E-state index in [4.69, 9.17) is 5.73 Å². The van der Waals surface area contributed by atoms with Crippen LogP contribution in [0.5, 0.6) is 0 Å². The standard InChI is InChI=1S/C15H22N2O/c1-15(2)9-3-11-17(15)14(18)13-6-4-12(5-7-13)8-10-16/h4-7H,3,8-11,16H2,1-2H3. The van der Waals surface area contributed by atoms with E-state index in [0.717, 1.165) is 31.4 Å². The summed E-state index contributed by atoms with van der Waals surface area (Å²) < 4.78 is 0. The van der Waals surface area contributed by atoms with E-state index < -0.39 is 0 Å². The van der Waals surface area contributed by atoms with Crippen LogP contribution in [0.3, 0.4) is 0 Å². The molecule has 3 heteroatoms. The minimum Gasteiger partial charge on any atom is -0.334 e. The molecule has 1 fully saturated rings. The van der Waals surface area contributed by atoms with E-state index in [0.29, 0.717) is 6.54 Å². The molecule has 18 heavy (non-hydrogen) atoms. The Morgan fingerprint density at radius 3 is 2.50 bits per heavy atom. The van der Waals surface area contributed by atoms with Gasteiger partial charge in [-0.05, 0) is 57.4 Å². The highest BCUT2D eigenvalue weighted by Crippen LogP contribution is 2.29. The molecule has 0 spiro atoms. The summed E-state index contributed by atoms with van der Waals surface area (Å²) in [4.78, 5) is 14.4. The molecule has 0 atom stereocenters. The molecule has 0 bridgehead atoms. The molecule has 1 saturated heterocycles. The Morgan fingerprint density at radius 1 is 1.33 bits per heavy atom. The predicted molar refractivity (Wildman–Crippen MR) is 73.5 cm³/mol. The van der Waals surface area contributed by atoms with Gasteiger partial charge in [0.2, 0.25) is 0 Å². The van der Waals surface area contributed by atoms with Crippen molar-refractivity contribution in [2.45, 2.75) is 38.6 Å². The molecule has 0 saturated carbocycles. The molecule has 0 unspecified atom stereocenters. The van der Waals surface area contributed by atoms with E-state index in [9.17, 15) is 4.79 Å². The zero-order valence-corrected chi connectivity index (χ0v) is 11.3. The fraction of sp³-hybridized carbons (Fsp3) is 0.533. The summed E-state index contributed by atoms with van der Waals surface area (Å²) in [5.41, 5.74) is 7.48. The van der Waals surface area contributed by atoms with E-state index in [1.807, 2.05) is 29.2 Å². The summed E-state index contributed by atoms with van der Waals surface area (Å²) in [5.74, 6) is 0.150. The number of nitrogens with two attached hydrogens (primary N) is 1. The van der Waals surface area contributed by atoms with Crippen LogP contribution in [0.2, 0.25) is 0 Å². The SMILES string of the molecule is CC1(C)CCCN1C(=O)c1ccc(CCN)cc1. The van der Waals surface area contributed by atoms with Crippen molar-refractivity contribution in [1.29, 1.82) is 0 Å². The third-order valence-electron chi connectivity index (χ3n) is 3.78. The first-order chi connectivity index (χ1) is 8.54. The van der Waals surface area contributed by atoms with Crippen LogP contribution >= 0.6 is 0 Å². The van der Waals surface area contributed by atoms with Crippen molar-refractivity contribution in [3.05, 3.63) is 35.4 Å². The second kappa shape index (κ2) is 5.11. The Labute approximate surface area is 109 Å². The lowest BCUT2D eigenvalue weighted by atomic mass is 10.0. The second-order valence-corrected chi connectivity index (χ2v) is 5.61. The van der Waals surface area contributed by atoms with Crippen LogP contribution in [0.15, 0.2) is 24.3 Å². The van der Waals surface area contributed by atoms with Crippen LogP contribution in [0.25, 0.3) is 0 Å². The number of hydrogen-bond donors (Lipinski definition) is 1. The smallest absolute Gasteiger partial charge is 0.254 e. The Hall–Kier alpha value is -1.35. The largest absolute Gasteiger partial charge is 0.334 e. The zero-order valence-electron chi connectivity index (χ0n) is 11.3. The van der Waals surface area contributed by atoms with Gasteiger partial charge in [-0.2, -0.15) is 0 Å². The molecule has 1 heterocycles. The minimum atomic E-state index is -0.00693. The number of rotatable bonds is 3. The van der Waals surface area contributed by atoms with Gasteiger partial charge in [-0.3, -0.25) is 4.79 Å². The molecule has 1 amide bonds. The van der Waals surface area contributed by atoms with Crippen molar-refractivity contribution in [2.24, 2.45) is 5.73 Å². The van der Waals surface area contributed by atoms with Crippen molar-refractivity contribution in [2.75, 3.05) is 13.1 Å². The number of likely N-dealkylation sites (tertiary alicyclic amines) is 1. The monoisotopic (exact) mass is 246 g/mol. The summed E-state index contributed by atoms with van der Waals surface area (Å²) in [6.45, 7) is 5.80. The van der Waals surface area contributed by atoms with Gasteiger partial charge in [0.1, 0.15) is 0 Å². The number of hydrogen-bond acceptors (Lipinski definition) is 2. The van der Waals surface area contributed by atoms with Crippen LogP contribution in [-0.2, 0) is 6.42 Å². The highest BCUT2D eigenvalue weighted by molar-refractivity contribution is 5.94. The van der Waals surface area contributed by atoms with Crippen LogP contribution < -0.4 is 5.73 Å². The van der Waals surface area contributed by atoms with Gasteiger partial charge in [0, 0.05) is 17.6 Å². The number of benzene rings is 1. The lowest BCUT2D eigenvalue weighted by molar-refractivity contribution is 0.0652. The maximum Gasteiger partial charge on any atom is 0.254 e. The van der Waals surface area contributed by atoms with Gasteiger partial charge in [-0.25, -0.2) is 0 Å². The van der Waals surface area contributed by atoms with E-state index >= 15 is 0 Å². The first kappa shape index (κ1) is 13.1. The third kappa shape index (κ3) is 2.56. The van der Waals surface area contributed by atoms with Gasteiger partial charge in [0.05, 0.1) is 0 Å². The molecule has 0 radical (unpaired) electrons. The summed E-state index contributed by atoms with van der Waals surface area (Å²) in [6.07, 6.45) is 3.05. The fourth-order valence-corrected chi connectivity index (χ4v) is 2.62. The molecule has 1 aromatic carbocycles. The van der Waals surface area contributed by atoms with Crippen molar-refractivity contribution in [1.82, 2.24) is 4.90 Å². The van der Waals surface area contributed by atoms with E-state index in [1.165, 1.54) is 5.56 Å². The van der Waals surface area contributed by atoms with Crippen LogP contribution in [0, 0.1) is 0 Å². The molecule has 2 rings (SSSR count). The van der Waals surface area contributed by atoms with Crippen LogP contribution in [-0.4, -0.2) is 29.4 Å². The maximum atomic E-state index is 12.4. The molecule has 1 aromatic rings. The number of amides is 1. The third-order valence-corrected chi connectivity index (χ3v) is 3.78. The topological polar surface area (TPSA) is 46.3 Å². The van der Waals surface area contributed by atoms with Gasteiger partial charge in [0.25, 0.3) is 5.91 Å². The first-order valence-electron chi connectivity index (χ1n) is 6.65. The van der Waals surface area contributed by atoms with Gasteiger partial charge in [0.15, 0.2) is 0 Å². The van der Waals surface area contributed by atoms with E-state index in [-0.39, 0.29) is 11.4 Å². The van der Waals surface area contributed by atoms with Crippen LogP contribution in [0.4, 0.5) is 0 Å². The van der Waals surface area contributed by atoms with E-state index in [1.54, 1.807) is 0 Å². The first-order valence-corrected chi connectivity index (χ1v) is 6.65. The maximum absolute atomic E-state index is 12.4. The van der Waals surface area contributed by atoms with Crippen molar-refractivity contribution in [3.8, 4) is 0 Å². The molecule has 0 aliphatic carbocycles. The predicted octanol–water partition coefficient (Wildman–Crippen LogP) is 2.20. The Kier molecular flexibility index (Phi) is 3.71. The molecule has 1 aliphatic rings. The average molecular weight is 246 g/mol. The normalized spacial score (nSPS) is 18.1. The average Bonchev–Trinajstić information content (AvgIpc) is 2.69. The molecular weight excluding hydrogens is 224 g/mol. The Morgan fingerprint density at radius 2 is 2.00 bits per heavy atom. The molecule has 1 aliphatic heterocycles. The quantitative estimate of drug-likeness (QED) is 0.888. The van der Waals surface area contributed by atoms with Crippen molar-refractivity contribution >= 4 is 5.91 Å². The van der Waals surface area contributed by atoms with Gasteiger partial charge >= 0.3 is 0 Å². The Bertz CT molecular complexity index is 423. The summed E-state index contributed by atoms with van der Waals surface area (Å²) in [6, 6.07) is 7.84. The van der Waals surface area contributed by atoms with Gasteiger partial charge in [-0.15, -0.1) is 0 Å². The van der Waals surface area contributed by atoms with Gasteiger partial charge in [-0.1, -0.05) is 12.1 Å². The second-order valence-electron chi connectivity index (χ2n) is 5.61. The van der Waals surface area contributed by atoms with Crippen molar-refractivity contribution < 1.29 is 4.79 Å². The van der Waals surface area contributed by atoms with Crippen molar-refractivity contribution in [3.63, 3.8) is 0 Å². The highest BCUT2D eigenvalue weighted by Gasteiger charge is 2.35. The lowest BCUT2D eigenvalue weighted by Crippen LogP contribution is -2.42. The Balaban J connectivity index is 2.14. The van der Waals surface area contributed by atoms with Crippen LogP contribution in [0.1, 0.15) is 42.6 Å². The van der Waals surface area contributed by atoms with Gasteiger partial charge < -0.3 is 10.6 Å². The molecule has 3 nitrogen and oxygen atoms in total. The highest BCUT2D eigenvalue weighted by atomic mass is 16.2. The molecular formula is C15H22N2O. The number of carbonyl (C=O) groups excluding carboxylic acids is 1. The fourth-order valence-electron chi connectivity index (χ4n) is 2.62. The summed E-state index contributed by atoms with van der Waals surface area (Å²) in [7, 11) is 0. The summed E-state index contributed by atoms with van der Waals surface area (Å²) >= 11 is 0. The lowest BCUT2D eigenvalue weighted by Gasteiger charge is -2.31.